The van der Waals surface area contributed by atoms with Gasteiger partial charge in [-0.1, -0.05) is 29.8 Å². The summed E-state index contributed by atoms with van der Waals surface area (Å²) < 4.78 is 45.0. The van der Waals surface area contributed by atoms with Crippen molar-refractivity contribution in [2.45, 2.75) is 58.9 Å². The quantitative estimate of drug-likeness (QED) is 0.632. The van der Waals surface area contributed by atoms with Gasteiger partial charge in [0, 0.05) is 4.47 Å². The highest BCUT2D eigenvalue weighted by Gasteiger charge is 2.35. The third-order valence-electron chi connectivity index (χ3n) is 3.26. The van der Waals surface area contributed by atoms with E-state index >= 15 is 0 Å². The topological polar surface area (TPSA) is 67.4 Å². The second kappa shape index (κ2) is 8.95. The third kappa shape index (κ3) is 8.19. The van der Waals surface area contributed by atoms with Crippen LogP contribution in [0.4, 0.5) is 23.7 Å². The molecule has 0 fully saturated rings. The number of alkyl carbamates (subject to hydrolysis) is 1. The van der Waals surface area contributed by atoms with Gasteiger partial charge < -0.3 is 15.4 Å². The second-order valence-corrected chi connectivity index (χ2v) is 8.42. The molecule has 1 rings (SSSR count). The van der Waals surface area contributed by atoms with Gasteiger partial charge in [0.1, 0.15) is 11.6 Å². The number of anilines is 1. The molecular weight excluding hydrogens is 429 g/mol. The zero-order valence-corrected chi connectivity index (χ0v) is 17.4. The maximum Gasteiger partial charge on any atom is 0.418 e. The Labute approximate surface area is 165 Å². The van der Waals surface area contributed by atoms with E-state index in [9.17, 15) is 22.8 Å². The van der Waals surface area contributed by atoms with Crippen molar-refractivity contribution in [3.05, 3.63) is 28.2 Å². The van der Waals surface area contributed by atoms with Crippen LogP contribution in [0, 0.1) is 5.92 Å². The van der Waals surface area contributed by atoms with Crippen molar-refractivity contribution in [1.82, 2.24) is 5.32 Å². The van der Waals surface area contributed by atoms with Crippen LogP contribution in [0.3, 0.4) is 0 Å². The number of nitrogens with one attached hydrogen (secondary N) is 2. The van der Waals surface area contributed by atoms with Gasteiger partial charge in [0.15, 0.2) is 0 Å². The zero-order chi connectivity index (χ0) is 21.0. The van der Waals surface area contributed by atoms with Crippen LogP contribution in [0.2, 0.25) is 0 Å². The number of carbonyl (C=O) groups excluding carboxylic acids is 2. The lowest BCUT2D eigenvalue weighted by molar-refractivity contribution is -0.137. The normalized spacial score (nSPS) is 13.3. The first-order valence-electron chi connectivity index (χ1n) is 8.36. The van der Waals surface area contributed by atoms with E-state index in [1.54, 1.807) is 20.8 Å². The minimum Gasteiger partial charge on any atom is -0.444 e. The molecule has 2 N–H and O–H groups in total. The van der Waals surface area contributed by atoms with Crippen LogP contribution >= 0.6 is 15.9 Å². The fraction of sp³-hybridized carbons (Fsp3) is 0.556. The molecule has 0 bridgehead atoms. The lowest BCUT2D eigenvalue weighted by Gasteiger charge is -2.24. The number of halogens is 4. The Balaban J connectivity index is 3.03. The summed E-state index contributed by atoms with van der Waals surface area (Å²) in [5, 5.41) is 4.70. The highest BCUT2D eigenvalue weighted by atomic mass is 79.9. The Kier molecular flexibility index (Phi) is 7.71. The Hall–Kier alpha value is -1.77. The maximum absolute atomic E-state index is 13.2. The Morgan fingerprint density at radius 2 is 1.78 bits per heavy atom. The van der Waals surface area contributed by atoms with E-state index in [4.69, 9.17) is 4.74 Å². The molecule has 0 aliphatic heterocycles. The van der Waals surface area contributed by atoms with Gasteiger partial charge >= 0.3 is 12.3 Å². The van der Waals surface area contributed by atoms with Crippen LogP contribution in [0.15, 0.2) is 22.7 Å². The Bertz CT molecular complexity index is 685. The molecule has 27 heavy (non-hydrogen) atoms. The highest BCUT2D eigenvalue weighted by molar-refractivity contribution is 9.10. The van der Waals surface area contributed by atoms with Gasteiger partial charge in [0.05, 0.1) is 11.3 Å². The first-order chi connectivity index (χ1) is 12.2. The van der Waals surface area contributed by atoms with Crippen molar-refractivity contribution in [1.29, 1.82) is 0 Å². The number of alkyl halides is 3. The smallest absolute Gasteiger partial charge is 0.418 e. The van der Waals surface area contributed by atoms with Crippen LogP contribution in [0.5, 0.6) is 0 Å². The molecule has 5 nitrogen and oxygen atoms in total. The van der Waals surface area contributed by atoms with Crippen molar-refractivity contribution in [2.24, 2.45) is 5.92 Å². The van der Waals surface area contributed by atoms with Gasteiger partial charge in [-0.15, -0.1) is 0 Å². The molecule has 0 heterocycles. The van der Waals surface area contributed by atoms with Crippen LogP contribution in [0.25, 0.3) is 0 Å². The summed E-state index contributed by atoms with van der Waals surface area (Å²) in [6.07, 6.45) is -5.21. The van der Waals surface area contributed by atoms with Crippen molar-refractivity contribution in [2.75, 3.05) is 5.32 Å². The van der Waals surface area contributed by atoms with Crippen LogP contribution in [0.1, 0.15) is 46.6 Å². The molecule has 0 aliphatic carbocycles. The number of hydrogen-bond donors (Lipinski definition) is 2. The van der Waals surface area contributed by atoms with E-state index in [1.165, 1.54) is 6.07 Å². The molecule has 152 valence electrons. The lowest BCUT2D eigenvalue weighted by atomic mass is 10.0. The molecule has 1 atom stereocenters. The SMILES string of the molecule is CC(C)C[C@@H](NC(=O)OC(C)(C)C)C(=O)Nc1ccc(Br)cc1C(F)(F)F. The summed E-state index contributed by atoms with van der Waals surface area (Å²) in [6, 6.07) is 2.40. The number of benzene rings is 1. The van der Waals surface area contributed by atoms with Crippen LogP contribution < -0.4 is 10.6 Å². The molecule has 0 radical (unpaired) electrons. The highest BCUT2D eigenvalue weighted by Crippen LogP contribution is 2.36. The number of amides is 2. The molecule has 9 heteroatoms. The van der Waals surface area contributed by atoms with Gasteiger partial charge in [-0.2, -0.15) is 13.2 Å². The lowest BCUT2D eigenvalue weighted by Crippen LogP contribution is -2.46. The van der Waals surface area contributed by atoms with E-state index in [1.807, 2.05) is 13.8 Å². The second-order valence-electron chi connectivity index (χ2n) is 7.51. The van der Waals surface area contributed by atoms with Gasteiger partial charge in [-0.05, 0) is 51.3 Å². The Morgan fingerprint density at radius 1 is 1.19 bits per heavy atom. The molecular formula is C18H24BrF3N2O3. The van der Waals surface area contributed by atoms with Gasteiger partial charge in [-0.25, -0.2) is 4.79 Å². The first-order valence-corrected chi connectivity index (χ1v) is 9.15. The number of carbonyl (C=O) groups is 2. The van der Waals surface area contributed by atoms with Crippen LogP contribution in [-0.4, -0.2) is 23.6 Å². The van der Waals surface area contributed by atoms with Gasteiger partial charge in [0.2, 0.25) is 5.91 Å². The zero-order valence-electron chi connectivity index (χ0n) is 15.8. The van der Waals surface area contributed by atoms with Crippen molar-refractivity contribution in [3.8, 4) is 0 Å². The molecule has 1 aromatic carbocycles. The van der Waals surface area contributed by atoms with E-state index in [0.717, 1.165) is 12.1 Å². The maximum atomic E-state index is 13.2. The standard InChI is InChI=1S/C18H24BrF3N2O3/c1-10(2)8-14(24-16(26)27-17(3,4)5)15(25)23-13-7-6-11(19)9-12(13)18(20,21)22/h6-7,9-10,14H,8H2,1-5H3,(H,23,25)(H,24,26)/t14-/m1/s1. The molecule has 0 aromatic heterocycles. The molecule has 0 saturated carbocycles. The average Bonchev–Trinajstić information content (AvgIpc) is 2.44. The van der Waals surface area contributed by atoms with Crippen molar-refractivity contribution < 1.29 is 27.5 Å². The summed E-state index contributed by atoms with van der Waals surface area (Å²) in [7, 11) is 0. The van der Waals surface area contributed by atoms with Crippen molar-refractivity contribution >= 4 is 33.6 Å². The predicted molar refractivity (Wildman–Crippen MR) is 100 cm³/mol. The van der Waals surface area contributed by atoms with Crippen molar-refractivity contribution in [3.63, 3.8) is 0 Å². The fourth-order valence-electron chi connectivity index (χ4n) is 2.23. The molecule has 0 saturated heterocycles. The van der Waals surface area contributed by atoms with E-state index in [0.29, 0.717) is 0 Å². The summed E-state index contributed by atoms with van der Waals surface area (Å²) in [5.74, 6) is -0.731. The molecule has 2 amide bonds. The fourth-order valence-corrected chi connectivity index (χ4v) is 2.59. The monoisotopic (exact) mass is 452 g/mol. The minimum absolute atomic E-state index is 0.0164. The summed E-state index contributed by atoms with van der Waals surface area (Å²) in [5.41, 5.74) is -2.13. The molecule has 0 aliphatic rings. The van der Waals surface area contributed by atoms with E-state index < -0.39 is 35.4 Å². The molecule has 0 unspecified atom stereocenters. The van der Waals surface area contributed by atoms with E-state index in [2.05, 4.69) is 26.6 Å². The van der Waals surface area contributed by atoms with Gasteiger partial charge in [0.25, 0.3) is 0 Å². The summed E-state index contributed by atoms with van der Waals surface area (Å²) in [6.45, 7) is 8.67. The summed E-state index contributed by atoms with van der Waals surface area (Å²) in [4.78, 5) is 24.5. The largest absolute Gasteiger partial charge is 0.444 e. The molecule has 1 aromatic rings. The Morgan fingerprint density at radius 3 is 2.26 bits per heavy atom. The first kappa shape index (κ1) is 23.3. The number of hydrogen-bond acceptors (Lipinski definition) is 3. The number of rotatable bonds is 5. The van der Waals surface area contributed by atoms with Crippen LogP contribution in [-0.2, 0) is 15.7 Å². The average molecular weight is 453 g/mol. The number of ether oxygens (including phenoxy) is 1. The predicted octanol–water partition coefficient (Wildman–Crippen LogP) is 5.35. The van der Waals surface area contributed by atoms with Gasteiger partial charge in [-0.3, -0.25) is 4.79 Å². The third-order valence-corrected chi connectivity index (χ3v) is 3.75. The van der Waals surface area contributed by atoms with E-state index in [-0.39, 0.29) is 22.5 Å². The summed E-state index contributed by atoms with van der Waals surface area (Å²) >= 11 is 2.99. The minimum atomic E-state index is -4.64. The molecule has 0 spiro atoms.